The van der Waals surface area contributed by atoms with Crippen molar-refractivity contribution in [2.75, 3.05) is 5.43 Å². The van der Waals surface area contributed by atoms with E-state index in [0.29, 0.717) is 5.71 Å². The molecule has 0 saturated heterocycles. The lowest BCUT2D eigenvalue weighted by Gasteiger charge is -2.03. The third-order valence-corrected chi connectivity index (χ3v) is 3.36. The fraction of sp³-hybridized carbons (Fsp3) is 0.0833. The highest BCUT2D eigenvalue weighted by molar-refractivity contribution is 7.08. The van der Waals surface area contributed by atoms with Crippen LogP contribution >= 0.6 is 11.3 Å². The number of nitro benzene ring substituents is 2. The summed E-state index contributed by atoms with van der Waals surface area (Å²) in [5.74, 6) is 0. The molecular weight excluding hydrogens is 296 g/mol. The van der Waals surface area contributed by atoms with Crippen molar-refractivity contribution in [1.29, 1.82) is 0 Å². The molecular formula is C12H10N4O4S. The Balaban J connectivity index is 2.29. The Labute approximate surface area is 123 Å². The van der Waals surface area contributed by atoms with Crippen molar-refractivity contribution in [3.8, 4) is 0 Å². The third-order valence-electron chi connectivity index (χ3n) is 2.67. The zero-order valence-electron chi connectivity index (χ0n) is 10.8. The van der Waals surface area contributed by atoms with E-state index in [1.165, 1.54) is 23.5 Å². The summed E-state index contributed by atoms with van der Waals surface area (Å²) in [5, 5.41) is 29.4. The third kappa shape index (κ3) is 3.39. The van der Waals surface area contributed by atoms with Gasteiger partial charge >= 0.3 is 5.69 Å². The van der Waals surface area contributed by atoms with Crippen LogP contribution in [0.2, 0.25) is 0 Å². The van der Waals surface area contributed by atoms with Crippen LogP contribution < -0.4 is 5.43 Å². The van der Waals surface area contributed by atoms with Crippen molar-refractivity contribution in [2.45, 2.75) is 6.92 Å². The first-order chi connectivity index (χ1) is 9.99. The molecule has 2 aromatic rings. The van der Waals surface area contributed by atoms with E-state index in [1.807, 2.05) is 16.8 Å². The maximum Gasteiger partial charge on any atom is 0.301 e. The summed E-state index contributed by atoms with van der Waals surface area (Å²) in [5.41, 5.74) is 3.49. The van der Waals surface area contributed by atoms with Crippen LogP contribution in [0.3, 0.4) is 0 Å². The number of hydrogen-bond donors (Lipinski definition) is 1. The fourth-order valence-electron chi connectivity index (χ4n) is 1.56. The van der Waals surface area contributed by atoms with Gasteiger partial charge in [-0.15, -0.1) is 0 Å². The number of hydrazone groups is 1. The summed E-state index contributed by atoms with van der Waals surface area (Å²) < 4.78 is 0. The molecule has 0 bridgehead atoms. The molecule has 2 rings (SSSR count). The number of non-ortho nitro benzene ring substituents is 1. The van der Waals surface area contributed by atoms with Gasteiger partial charge in [-0.3, -0.25) is 25.7 Å². The second-order valence-corrected chi connectivity index (χ2v) is 4.82. The average molecular weight is 306 g/mol. The molecule has 108 valence electrons. The van der Waals surface area contributed by atoms with Crippen LogP contribution in [0.5, 0.6) is 0 Å². The van der Waals surface area contributed by atoms with Gasteiger partial charge in [0.05, 0.1) is 21.6 Å². The Morgan fingerprint density at radius 1 is 1.24 bits per heavy atom. The van der Waals surface area contributed by atoms with Crippen LogP contribution in [-0.4, -0.2) is 15.6 Å². The Morgan fingerprint density at radius 3 is 2.57 bits per heavy atom. The summed E-state index contributed by atoms with van der Waals surface area (Å²) in [4.78, 5) is 20.2. The number of thiophene rings is 1. The first kappa shape index (κ1) is 14.6. The Hall–Kier alpha value is -2.81. The Kier molecular flexibility index (Phi) is 4.24. The van der Waals surface area contributed by atoms with E-state index < -0.39 is 15.5 Å². The second-order valence-electron chi connectivity index (χ2n) is 4.04. The fourth-order valence-corrected chi connectivity index (χ4v) is 2.26. The Bertz CT molecular complexity index is 712. The van der Waals surface area contributed by atoms with E-state index in [1.54, 1.807) is 6.92 Å². The average Bonchev–Trinajstić information content (AvgIpc) is 2.98. The predicted molar refractivity (Wildman–Crippen MR) is 79.9 cm³/mol. The van der Waals surface area contributed by atoms with Gasteiger partial charge in [0.1, 0.15) is 5.69 Å². The highest BCUT2D eigenvalue weighted by Gasteiger charge is 2.19. The maximum atomic E-state index is 11.0. The number of nitro groups is 2. The minimum Gasteiger partial charge on any atom is -0.271 e. The number of benzene rings is 1. The molecule has 1 heterocycles. The van der Waals surface area contributed by atoms with Gasteiger partial charge < -0.3 is 0 Å². The van der Waals surface area contributed by atoms with Crippen molar-refractivity contribution in [3.05, 3.63) is 60.8 Å². The highest BCUT2D eigenvalue weighted by Crippen LogP contribution is 2.29. The van der Waals surface area contributed by atoms with Crippen molar-refractivity contribution >= 4 is 34.1 Å². The minimum atomic E-state index is -0.690. The molecule has 0 unspecified atom stereocenters. The number of anilines is 1. The van der Waals surface area contributed by atoms with Crippen LogP contribution in [-0.2, 0) is 0 Å². The van der Waals surface area contributed by atoms with Gasteiger partial charge in [0.15, 0.2) is 0 Å². The SMILES string of the molecule is CC(=NNc1ccc([N+](=O)[O-])cc1[N+](=O)[O-])c1ccsc1. The quantitative estimate of drug-likeness (QED) is 0.517. The molecule has 0 aliphatic heterocycles. The monoisotopic (exact) mass is 306 g/mol. The zero-order chi connectivity index (χ0) is 15.4. The maximum absolute atomic E-state index is 11.0. The molecule has 0 fully saturated rings. The molecule has 9 heteroatoms. The van der Waals surface area contributed by atoms with Crippen LogP contribution in [0.15, 0.2) is 40.1 Å². The molecule has 1 aromatic carbocycles. The van der Waals surface area contributed by atoms with Gasteiger partial charge in [0.25, 0.3) is 5.69 Å². The highest BCUT2D eigenvalue weighted by atomic mass is 32.1. The summed E-state index contributed by atoms with van der Waals surface area (Å²) in [7, 11) is 0. The molecule has 0 aliphatic rings. The van der Waals surface area contributed by atoms with Crippen LogP contribution in [0.4, 0.5) is 17.1 Å². The van der Waals surface area contributed by atoms with E-state index in [2.05, 4.69) is 10.5 Å². The van der Waals surface area contributed by atoms with E-state index in [4.69, 9.17) is 0 Å². The van der Waals surface area contributed by atoms with E-state index in [9.17, 15) is 20.2 Å². The summed E-state index contributed by atoms with van der Waals surface area (Å²) in [6.45, 7) is 1.76. The van der Waals surface area contributed by atoms with Crippen molar-refractivity contribution in [1.82, 2.24) is 0 Å². The smallest absolute Gasteiger partial charge is 0.271 e. The lowest BCUT2D eigenvalue weighted by atomic mass is 10.2. The van der Waals surface area contributed by atoms with Gasteiger partial charge in [-0.25, -0.2) is 0 Å². The lowest BCUT2D eigenvalue weighted by molar-refractivity contribution is -0.393. The molecule has 0 spiro atoms. The first-order valence-corrected chi connectivity index (χ1v) is 6.69. The van der Waals surface area contributed by atoms with Gasteiger partial charge in [-0.2, -0.15) is 16.4 Å². The second kappa shape index (κ2) is 6.09. The van der Waals surface area contributed by atoms with Crippen LogP contribution in [0.1, 0.15) is 12.5 Å². The van der Waals surface area contributed by atoms with Crippen molar-refractivity contribution in [3.63, 3.8) is 0 Å². The summed E-state index contributed by atoms with van der Waals surface area (Å²) in [6, 6.07) is 5.22. The summed E-state index contributed by atoms with van der Waals surface area (Å²) in [6.07, 6.45) is 0. The zero-order valence-corrected chi connectivity index (χ0v) is 11.7. The van der Waals surface area contributed by atoms with Crippen LogP contribution in [0, 0.1) is 20.2 Å². The number of rotatable bonds is 5. The molecule has 0 radical (unpaired) electrons. The van der Waals surface area contributed by atoms with Crippen LogP contribution in [0.25, 0.3) is 0 Å². The number of hydrogen-bond acceptors (Lipinski definition) is 7. The standard InChI is InChI=1S/C12H10N4O4S/c1-8(9-4-5-21-7-9)13-14-11-3-2-10(15(17)18)6-12(11)16(19)20/h2-7,14H,1H3. The molecule has 0 aliphatic carbocycles. The minimum absolute atomic E-state index is 0.0974. The van der Waals surface area contributed by atoms with Gasteiger partial charge in [-0.1, -0.05) is 0 Å². The first-order valence-electron chi connectivity index (χ1n) is 5.74. The van der Waals surface area contributed by atoms with Crippen molar-refractivity contribution in [2.24, 2.45) is 5.10 Å². The predicted octanol–water partition coefficient (Wildman–Crippen LogP) is 3.40. The molecule has 1 N–H and O–H groups in total. The van der Waals surface area contributed by atoms with Crippen molar-refractivity contribution < 1.29 is 9.85 Å². The molecule has 0 saturated carbocycles. The normalized spacial score (nSPS) is 11.2. The molecule has 1 aromatic heterocycles. The number of nitrogens with one attached hydrogen (secondary N) is 1. The molecule has 0 atom stereocenters. The Morgan fingerprint density at radius 2 is 2.00 bits per heavy atom. The van der Waals surface area contributed by atoms with Gasteiger partial charge in [0.2, 0.25) is 0 Å². The lowest BCUT2D eigenvalue weighted by Crippen LogP contribution is -2.01. The number of nitrogens with zero attached hydrogens (tertiary/aromatic N) is 3. The van der Waals surface area contributed by atoms with E-state index in [0.717, 1.165) is 11.6 Å². The topological polar surface area (TPSA) is 111 Å². The van der Waals surface area contributed by atoms with Gasteiger partial charge in [-0.05, 0) is 29.8 Å². The van der Waals surface area contributed by atoms with E-state index in [-0.39, 0.29) is 11.4 Å². The molecule has 0 amide bonds. The van der Waals surface area contributed by atoms with E-state index >= 15 is 0 Å². The van der Waals surface area contributed by atoms with Gasteiger partial charge in [0, 0.05) is 11.6 Å². The summed E-state index contributed by atoms with van der Waals surface area (Å²) >= 11 is 1.51. The molecule has 8 nitrogen and oxygen atoms in total. The largest absolute Gasteiger partial charge is 0.301 e. The molecule has 21 heavy (non-hydrogen) atoms.